The molecule has 1 aliphatic heterocycles. The molecule has 0 radical (unpaired) electrons. The van der Waals surface area contributed by atoms with E-state index >= 15 is 0 Å². The molecule has 1 heterocycles. The molecule has 5 nitrogen and oxygen atoms in total. The van der Waals surface area contributed by atoms with Crippen LogP contribution in [0, 0.1) is 10.1 Å². The maximum atomic E-state index is 10.4. The van der Waals surface area contributed by atoms with Gasteiger partial charge in [0.1, 0.15) is 5.84 Å². The van der Waals surface area contributed by atoms with E-state index in [-0.39, 0.29) is 5.69 Å². The number of amidine groups is 1. The highest BCUT2D eigenvalue weighted by molar-refractivity contribution is 5.97. The molecule has 0 aromatic heterocycles. The van der Waals surface area contributed by atoms with Crippen LogP contribution in [0.3, 0.4) is 0 Å². The molecule has 0 saturated carbocycles. The second-order valence-corrected chi connectivity index (χ2v) is 3.38. The minimum atomic E-state index is -0.407. The van der Waals surface area contributed by atoms with Crippen LogP contribution in [-0.2, 0) is 0 Å². The van der Waals surface area contributed by atoms with Crippen molar-refractivity contribution in [3.8, 4) is 0 Å². The molecule has 0 aliphatic carbocycles. The lowest BCUT2D eigenvalue weighted by molar-refractivity contribution is -0.384. The Bertz CT molecular complexity index is 449. The third kappa shape index (κ3) is 2.44. The predicted octanol–water partition coefficient (Wildman–Crippen LogP) is 1.61. The topological polar surface area (TPSA) is 67.5 Å². The summed E-state index contributed by atoms with van der Waals surface area (Å²) < 4.78 is 0. The normalized spacial score (nSPS) is 14.9. The molecule has 0 bridgehead atoms. The van der Waals surface area contributed by atoms with Crippen LogP contribution in [-0.4, -0.2) is 23.8 Å². The number of rotatable bonds is 3. The van der Waals surface area contributed by atoms with Crippen molar-refractivity contribution in [1.29, 1.82) is 0 Å². The van der Waals surface area contributed by atoms with Gasteiger partial charge in [0, 0.05) is 18.7 Å². The van der Waals surface area contributed by atoms with Crippen molar-refractivity contribution in [2.45, 2.75) is 0 Å². The van der Waals surface area contributed by atoms with E-state index in [2.05, 4.69) is 10.3 Å². The largest absolute Gasteiger partial charge is 0.369 e. The highest BCUT2D eigenvalue weighted by Gasteiger charge is 2.03. The van der Waals surface area contributed by atoms with Gasteiger partial charge in [-0.25, -0.2) is 0 Å². The molecule has 0 saturated heterocycles. The van der Waals surface area contributed by atoms with Crippen LogP contribution in [0.15, 0.2) is 35.3 Å². The Hall–Kier alpha value is -2.17. The van der Waals surface area contributed by atoms with Gasteiger partial charge in [0.25, 0.3) is 5.69 Å². The van der Waals surface area contributed by atoms with Crippen molar-refractivity contribution in [1.82, 2.24) is 5.32 Å². The molecule has 16 heavy (non-hydrogen) atoms. The van der Waals surface area contributed by atoms with Crippen LogP contribution < -0.4 is 5.32 Å². The van der Waals surface area contributed by atoms with Gasteiger partial charge < -0.3 is 5.32 Å². The predicted molar refractivity (Wildman–Crippen MR) is 62.4 cm³/mol. The Morgan fingerprint density at radius 3 is 2.62 bits per heavy atom. The summed E-state index contributed by atoms with van der Waals surface area (Å²) in [7, 11) is 0. The monoisotopic (exact) mass is 217 g/mol. The summed E-state index contributed by atoms with van der Waals surface area (Å²) in [4.78, 5) is 14.2. The first-order valence-corrected chi connectivity index (χ1v) is 4.96. The lowest BCUT2D eigenvalue weighted by Gasteiger charge is -1.95. The summed E-state index contributed by atoms with van der Waals surface area (Å²) in [5.74, 6) is 0.860. The van der Waals surface area contributed by atoms with Crippen molar-refractivity contribution >= 4 is 17.6 Å². The van der Waals surface area contributed by atoms with Crippen LogP contribution in [0.5, 0.6) is 0 Å². The minimum absolute atomic E-state index is 0.105. The zero-order valence-electron chi connectivity index (χ0n) is 8.59. The fraction of sp³-hybridized carbons (Fsp3) is 0.182. The third-order valence-corrected chi connectivity index (χ3v) is 2.24. The molecule has 0 spiro atoms. The molecule has 1 N–H and O–H groups in total. The molecule has 1 aromatic rings. The van der Waals surface area contributed by atoms with Gasteiger partial charge in [0.05, 0.1) is 11.5 Å². The maximum Gasteiger partial charge on any atom is 0.269 e. The fourth-order valence-corrected chi connectivity index (χ4v) is 1.41. The van der Waals surface area contributed by atoms with Crippen molar-refractivity contribution in [2.24, 2.45) is 4.99 Å². The molecule has 0 unspecified atom stereocenters. The highest BCUT2D eigenvalue weighted by Crippen LogP contribution is 2.12. The number of non-ortho nitro benzene ring substituents is 1. The van der Waals surface area contributed by atoms with Crippen LogP contribution in [0.1, 0.15) is 5.56 Å². The Morgan fingerprint density at radius 1 is 1.31 bits per heavy atom. The molecule has 0 atom stereocenters. The number of nitrogens with zero attached hydrogens (tertiary/aromatic N) is 2. The smallest absolute Gasteiger partial charge is 0.269 e. The molecule has 1 aromatic carbocycles. The van der Waals surface area contributed by atoms with E-state index in [9.17, 15) is 10.1 Å². The first-order valence-electron chi connectivity index (χ1n) is 4.96. The van der Waals surface area contributed by atoms with E-state index in [1.54, 1.807) is 12.1 Å². The number of hydrogen-bond acceptors (Lipinski definition) is 4. The van der Waals surface area contributed by atoms with Crippen molar-refractivity contribution < 1.29 is 4.92 Å². The number of hydrogen-bond donors (Lipinski definition) is 1. The van der Waals surface area contributed by atoms with Gasteiger partial charge in [-0.05, 0) is 23.8 Å². The van der Waals surface area contributed by atoms with Gasteiger partial charge in [0.15, 0.2) is 0 Å². The van der Waals surface area contributed by atoms with E-state index in [4.69, 9.17) is 0 Å². The van der Waals surface area contributed by atoms with Gasteiger partial charge in [0.2, 0.25) is 0 Å². The van der Waals surface area contributed by atoms with Crippen molar-refractivity contribution in [2.75, 3.05) is 13.1 Å². The number of aliphatic imine (C=N–C) groups is 1. The van der Waals surface area contributed by atoms with Gasteiger partial charge in [-0.2, -0.15) is 0 Å². The highest BCUT2D eigenvalue weighted by atomic mass is 16.6. The van der Waals surface area contributed by atoms with Crippen LogP contribution in [0.2, 0.25) is 0 Å². The molecule has 0 amide bonds. The zero-order chi connectivity index (χ0) is 11.4. The Balaban J connectivity index is 2.07. The van der Waals surface area contributed by atoms with Crippen LogP contribution in [0.25, 0.3) is 6.08 Å². The number of nitro benzene ring substituents is 1. The van der Waals surface area contributed by atoms with Gasteiger partial charge in [-0.3, -0.25) is 15.1 Å². The number of nitrogens with one attached hydrogen (secondary N) is 1. The standard InChI is InChI=1S/C11H11N3O2/c15-14(16)10-4-1-9(2-5-10)3-6-11-12-7-8-13-11/h1-6H,7-8H2,(H,12,13)/b6-3+. The third-order valence-electron chi connectivity index (χ3n) is 2.24. The number of nitro groups is 1. The molecule has 5 heteroatoms. The van der Waals surface area contributed by atoms with Gasteiger partial charge in [-0.1, -0.05) is 6.08 Å². The SMILES string of the molecule is O=[N+]([O-])c1ccc(/C=C/C2=NCCN2)cc1. The molecular formula is C11H11N3O2. The quantitative estimate of drug-likeness (QED) is 0.617. The number of benzene rings is 1. The molecule has 1 aliphatic rings. The molecule has 2 rings (SSSR count). The lowest BCUT2D eigenvalue weighted by Crippen LogP contribution is -2.15. The second kappa shape index (κ2) is 4.57. The molecule has 0 fully saturated rings. The summed E-state index contributed by atoms with van der Waals surface area (Å²) in [5.41, 5.74) is 1.02. The average molecular weight is 217 g/mol. The van der Waals surface area contributed by atoms with E-state index in [0.717, 1.165) is 24.5 Å². The van der Waals surface area contributed by atoms with Crippen molar-refractivity contribution in [3.63, 3.8) is 0 Å². The van der Waals surface area contributed by atoms with E-state index in [1.807, 2.05) is 12.2 Å². The fourth-order valence-electron chi connectivity index (χ4n) is 1.41. The minimum Gasteiger partial charge on any atom is -0.369 e. The molecular weight excluding hydrogens is 206 g/mol. The lowest BCUT2D eigenvalue weighted by atomic mass is 10.2. The Labute approximate surface area is 92.7 Å². The first kappa shape index (κ1) is 10.4. The van der Waals surface area contributed by atoms with Gasteiger partial charge in [-0.15, -0.1) is 0 Å². The van der Waals surface area contributed by atoms with Crippen molar-refractivity contribution in [3.05, 3.63) is 46.0 Å². The summed E-state index contributed by atoms with van der Waals surface area (Å²) in [6.07, 6.45) is 3.75. The summed E-state index contributed by atoms with van der Waals surface area (Å²) in [5, 5.41) is 13.5. The van der Waals surface area contributed by atoms with Crippen LogP contribution >= 0.6 is 0 Å². The second-order valence-electron chi connectivity index (χ2n) is 3.38. The van der Waals surface area contributed by atoms with Gasteiger partial charge >= 0.3 is 0 Å². The maximum absolute atomic E-state index is 10.4. The Kier molecular flexibility index (Phi) is 2.95. The van der Waals surface area contributed by atoms with E-state index in [1.165, 1.54) is 12.1 Å². The summed E-state index contributed by atoms with van der Waals surface area (Å²) in [6.45, 7) is 1.68. The first-order chi connectivity index (χ1) is 7.75. The average Bonchev–Trinajstić information content (AvgIpc) is 2.80. The van der Waals surface area contributed by atoms with E-state index < -0.39 is 4.92 Å². The van der Waals surface area contributed by atoms with E-state index in [0.29, 0.717) is 0 Å². The summed E-state index contributed by atoms with van der Waals surface area (Å²) in [6, 6.07) is 6.40. The molecule has 82 valence electrons. The zero-order valence-corrected chi connectivity index (χ0v) is 8.59. The van der Waals surface area contributed by atoms with Crippen LogP contribution in [0.4, 0.5) is 5.69 Å². The summed E-state index contributed by atoms with van der Waals surface area (Å²) >= 11 is 0. The Morgan fingerprint density at radius 2 is 2.06 bits per heavy atom.